The zero-order valence-electron chi connectivity index (χ0n) is 9.29. The van der Waals surface area contributed by atoms with E-state index in [2.05, 4.69) is 36.4 Å². The van der Waals surface area contributed by atoms with Gasteiger partial charge >= 0.3 is 0 Å². The van der Waals surface area contributed by atoms with Crippen LogP contribution in [-0.4, -0.2) is 24.6 Å². The Hall–Kier alpha value is -0.450. The summed E-state index contributed by atoms with van der Waals surface area (Å²) in [4.78, 5) is 5.63. The summed E-state index contributed by atoms with van der Waals surface area (Å²) in [5, 5.41) is 7.82. The Kier molecular flexibility index (Phi) is 4.51. The Morgan fingerprint density at radius 1 is 1.50 bits per heavy atom. The molecule has 2 atom stereocenters. The van der Waals surface area contributed by atoms with Crippen LogP contribution in [0.1, 0.15) is 29.8 Å². The molecule has 0 amide bonds. The first-order valence-electron chi connectivity index (χ1n) is 4.96. The van der Waals surface area contributed by atoms with E-state index in [1.165, 1.54) is 9.88 Å². The third kappa shape index (κ3) is 3.36. The molecular formula is C10H19N3S. The standard InChI is InChI=1S/C10H19N3S/c1-7(11-4)5-12-9(3)10-13-6-8(2)14-10/h6-7,9,11-12H,5H2,1-4H3. The first kappa shape index (κ1) is 11.6. The lowest BCUT2D eigenvalue weighted by atomic mass is 10.3. The van der Waals surface area contributed by atoms with Crippen molar-refractivity contribution in [1.82, 2.24) is 15.6 Å². The van der Waals surface area contributed by atoms with Crippen LogP contribution in [0.5, 0.6) is 0 Å². The van der Waals surface area contributed by atoms with E-state index < -0.39 is 0 Å². The molecule has 0 aliphatic rings. The molecule has 1 heterocycles. The van der Waals surface area contributed by atoms with E-state index >= 15 is 0 Å². The van der Waals surface area contributed by atoms with Gasteiger partial charge in [-0.2, -0.15) is 0 Å². The zero-order valence-corrected chi connectivity index (χ0v) is 10.1. The lowest BCUT2D eigenvalue weighted by Crippen LogP contribution is -2.35. The Morgan fingerprint density at radius 2 is 2.21 bits per heavy atom. The van der Waals surface area contributed by atoms with Gasteiger partial charge in [-0.1, -0.05) is 0 Å². The molecule has 0 spiro atoms. The van der Waals surface area contributed by atoms with Crippen molar-refractivity contribution in [2.45, 2.75) is 32.9 Å². The van der Waals surface area contributed by atoms with E-state index in [1.54, 1.807) is 11.3 Å². The van der Waals surface area contributed by atoms with Crippen LogP contribution in [0.25, 0.3) is 0 Å². The van der Waals surface area contributed by atoms with Gasteiger partial charge in [0.15, 0.2) is 0 Å². The van der Waals surface area contributed by atoms with E-state index in [0.717, 1.165) is 6.54 Å². The van der Waals surface area contributed by atoms with Gasteiger partial charge in [0.2, 0.25) is 0 Å². The van der Waals surface area contributed by atoms with Crippen molar-refractivity contribution in [2.24, 2.45) is 0 Å². The molecule has 1 aromatic heterocycles. The summed E-state index contributed by atoms with van der Waals surface area (Å²) < 4.78 is 0. The summed E-state index contributed by atoms with van der Waals surface area (Å²) >= 11 is 1.76. The summed E-state index contributed by atoms with van der Waals surface area (Å²) in [5.74, 6) is 0. The van der Waals surface area contributed by atoms with Crippen LogP contribution in [0.2, 0.25) is 0 Å². The zero-order chi connectivity index (χ0) is 10.6. The first-order chi connectivity index (χ1) is 6.63. The second-order valence-electron chi connectivity index (χ2n) is 3.63. The topological polar surface area (TPSA) is 37.0 Å². The van der Waals surface area contributed by atoms with Crippen LogP contribution in [0.15, 0.2) is 6.20 Å². The van der Waals surface area contributed by atoms with E-state index in [-0.39, 0.29) is 0 Å². The molecule has 2 unspecified atom stereocenters. The van der Waals surface area contributed by atoms with E-state index in [9.17, 15) is 0 Å². The quantitative estimate of drug-likeness (QED) is 0.782. The third-order valence-corrected chi connectivity index (χ3v) is 3.33. The maximum atomic E-state index is 4.36. The number of aromatic nitrogens is 1. The van der Waals surface area contributed by atoms with Crippen LogP contribution in [0, 0.1) is 6.92 Å². The van der Waals surface area contributed by atoms with E-state index in [1.807, 2.05) is 13.2 Å². The molecule has 0 saturated heterocycles. The number of hydrogen-bond donors (Lipinski definition) is 2. The molecule has 0 bridgehead atoms. The van der Waals surface area contributed by atoms with E-state index in [4.69, 9.17) is 0 Å². The molecule has 4 heteroatoms. The van der Waals surface area contributed by atoms with Gasteiger partial charge in [0.25, 0.3) is 0 Å². The Bertz CT molecular complexity index is 272. The SMILES string of the molecule is CNC(C)CNC(C)c1ncc(C)s1. The number of hydrogen-bond acceptors (Lipinski definition) is 4. The monoisotopic (exact) mass is 213 g/mol. The van der Waals surface area contributed by atoms with Gasteiger partial charge in [-0.3, -0.25) is 0 Å². The van der Waals surface area contributed by atoms with Crippen LogP contribution < -0.4 is 10.6 Å². The highest BCUT2D eigenvalue weighted by Crippen LogP contribution is 2.18. The third-order valence-electron chi connectivity index (χ3n) is 2.23. The lowest BCUT2D eigenvalue weighted by molar-refractivity contribution is 0.493. The van der Waals surface area contributed by atoms with Crippen molar-refractivity contribution in [2.75, 3.05) is 13.6 Å². The average Bonchev–Trinajstić information content (AvgIpc) is 2.60. The first-order valence-corrected chi connectivity index (χ1v) is 5.78. The van der Waals surface area contributed by atoms with Crippen molar-refractivity contribution in [3.8, 4) is 0 Å². The Balaban J connectivity index is 2.39. The summed E-state index contributed by atoms with van der Waals surface area (Å²) in [6.45, 7) is 7.37. The molecule has 1 aromatic rings. The van der Waals surface area contributed by atoms with Crippen molar-refractivity contribution in [3.63, 3.8) is 0 Å². The molecule has 0 radical (unpaired) electrons. The van der Waals surface area contributed by atoms with Gasteiger partial charge in [-0.05, 0) is 27.8 Å². The molecule has 2 N–H and O–H groups in total. The number of nitrogens with one attached hydrogen (secondary N) is 2. The molecule has 0 aliphatic carbocycles. The predicted octanol–water partition coefficient (Wildman–Crippen LogP) is 1.71. The van der Waals surface area contributed by atoms with Crippen molar-refractivity contribution in [3.05, 3.63) is 16.1 Å². The van der Waals surface area contributed by atoms with Crippen LogP contribution in [-0.2, 0) is 0 Å². The fourth-order valence-corrected chi connectivity index (χ4v) is 1.92. The highest BCUT2D eigenvalue weighted by molar-refractivity contribution is 7.11. The molecule has 0 fully saturated rings. The minimum atomic E-state index is 0.351. The van der Waals surface area contributed by atoms with Gasteiger partial charge in [-0.15, -0.1) is 11.3 Å². The number of thiazole rings is 1. The van der Waals surface area contributed by atoms with Gasteiger partial charge in [0.05, 0.1) is 6.04 Å². The fourth-order valence-electron chi connectivity index (χ4n) is 1.12. The van der Waals surface area contributed by atoms with Crippen LogP contribution >= 0.6 is 11.3 Å². The Morgan fingerprint density at radius 3 is 2.71 bits per heavy atom. The predicted molar refractivity (Wildman–Crippen MR) is 61.8 cm³/mol. The summed E-state index contributed by atoms with van der Waals surface area (Å²) in [6.07, 6.45) is 1.93. The summed E-state index contributed by atoms with van der Waals surface area (Å²) in [6, 6.07) is 0.850. The smallest absolute Gasteiger partial charge is 0.109 e. The Labute approximate surface area is 89.9 Å². The molecule has 0 aliphatic heterocycles. The van der Waals surface area contributed by atoms with Gasteiger partial charge < -0.3 is 10.6 Å². The number of likely N-dealkylation sites (N-methyl/N-ethyl adjacent to an activating group) is 1. The number of aryl methyl sites for hydroxylation is 1. The second-order valence-corrected chi connectivity index (χ2v) is 4.90. The largest absolute Gasteiger partial charge is 0.316 e. The van der Waals surface area contributed by atoms with Crippen molar-refractivity contribution >= 4 is 11.3 Å². The highest BCUT2D eigenvalue weighted by atomic mass is 32.1. The maximum Gasteiger partial charge on any atom is 0.109 e. The molecular weight excluding hydrogens is 194 g/mol. The van der Waals surface area contributed by atoms with Crippen LogP contribution in [0.3, 0.4) is 0 Å². The van der Waals surface area contributed by atoms with Crippen molar-refractivity contribution < 1.29 is 0 Å². The minimum absolute atomic E-state index is 0.351. The highest BCUT2D eigenvalue weighted by Gasteiger charge is 2.09. The minimum Gasteiger partial charge on any atom is -0.316 e. The molecule has 0 saturated carbocycles. The lowest BCUT2D eigenvalue weighted by Gasteiger charge is -2.15. The van der Waals surface area contributed by atoms with Gasteiger partial charge in [-0.25, -0.2) is 4.98 Å². The summed E-state index contributed by atoms with van der Waals surface area (Å²) in [7, 11) is 1.98. The maximum absolute atomic E-state index is 4.36. The van der Waals surface area contributed by atoms with Crippen molar-refractivity contribution in [1.29, 1.82) is 0 Å². The fraction of sp³-hybridized carbons (Fsp3) is 0.700. The van der Waals surface area contributed by atoms with Gasteiger partial charge in [0, 0.05) is 23.7 Å². The molecule has 80 valence electrons. The molecule has 0 aromatic carbocycles. The summed E-state index contributed by atoms with van der Waals surface area (Å²) in [5.41, 5.74) is 0. The second kappa shape index (κ2) is 5.44. The van der Waals surface area contributed by atoms with Crippen LogP contribution in [0.4, 0.5) is 0 Å². The van der Waals surface area contributed by atoms with Gasteiger partial charge in [0.1, 0.15) is 5.01 Å². The number of nitrogens with zero attached hydrogens (tertiary/aromatic N) is 1. The molecule has 14 heavy (non-hydrogen) atoms. The number of rotatable bonds is 5. The molecule has 3 nitrogen and oxygen atoms in total. The normalized spacial score (nSPS) is 15.4. The molecule has 1 rings (SSSR count). The average molecular weight is 213 g/mol. The van der Waals surface area contributed by atoms with E-state index in [0.29, 0.717) is 12.1 Å².